The number of carbonyl (C=O) groups is 1. The lowest BCUT2D eigenvalue weighted by Gasteiger charge is -2.13. The summed E-state index contributed by atoms with van der Waals surface area (Å²) < 4.78 is 11.4. The molecule has 2 atom stereocenters. The van der Waals surface area contributed by atoms with Crippen LogP contribution in [0.3, 0.4) is 0 Å². The second-order valence-corrected chi connectivity index (χ2v) is 6.99. The van der Waals surface area contributed by atoms with E-state index in [9.17, 15) is 4.79 Å². The van der Waals surface area contributed by atoms with Gasteiger partial charge in [0, 0.05) is 5.75 Å². The van der Waals surface area contributed by atoms with Crippen molar-refractivity contribution in [1.29, 1.82) is 0 Å². The van der Waals surface area contributed by atoms with E-state index in [1.54, 1.807) is 11.8 Å². The number of aryl methyl sites for hydroxylation is 1. The van der Waals surface area contributed by atoms with Gasteiger partial charge < -0.3 is 14.6 Å². The minimum absolute atomic E-state index is 0.0202. The number of carboxylic acid groups (broad SMARTS) is 1. The van der Waals surface area contributed by atoms with Gasteiger partial charge in [0.2, 0.25) is 0 Å². The van der Waals surface area contributed by atoms with Crippen LogP contribution in [-0.2, 0) is 4.79 Å². The molecular formula is C19H21NO4S. The molecule has 0 bridgehead atoms. The van der Waals surface area contributed by atoms with Crippen LogP contribution in [0, 0.1) is 6.92 Å². The standard InChI is InChI=1S/C19H21NO4S/c1-13-4-2-6-15(10-13)23-8-9-24-16-7-3-5-14(11-16)18-20-17(12-25-18)19(21)22/h2-7,10-11,17-18,20H,8-9,12H2,1H3,(H,21,22). The first-order valence-electron chi connectivity index (χ1n) is 8.14. The first kappa shape index (κ1) is 17.6. The summed E-state index contributed by atoms with van der Waals surface area (Å²) in [5.74, 6) is 1.35. The Bertz CT molecular complexity index is 737. The van der Waals surface area contributed by atoms with Gasteiger partial charge in [-0.15, -0.1) is 11.8 Å². The van der Waals surface area contributed by atoms with E-state index in [-0.39, 0.29) is 5.37 Å². The Balaban J connectivity index is 1.49. The highest BCUT2D eigenvalue weighted by Gasteiger charge is 2.30. The zero-order valence-electron chi connectivity index (χ0n) is 14.0. The first-order valence-corrected chi connectivity index (χ1v) is 9.19. The average molecular weight is 359 g/mol. The Morgan fingerprint density at radius 3 is 2.48 bits per heavy atom. The van der Waals surface area contributed by atoms with E-state index in [1.165, 1.54) is 0 Å². The van der Waals surface area contributed by atoms with Gasteiger partial charge in [-0.05, 0) is 42.3 Å². The molecule has 1 saturated heterocycles. The minimum Gasteiger partial charge on any atom is -0.490 e. The summed E-state index contributed by atoms with van der Waals surface area (Å²) in [7, 11) is 0. The summed E-state index contributed by atoms with van der Waals surface area (Å²) in [6, 6.07) is 15.1. The van der Waals surface area contributed by atoms with Crippen molar-refractivity contribution in [1.82, 2.24) is 5.32 Å². The summed E-state index contributed by atoms with van der Waals surface area (Å²) in [6.07, 6.45) is 0. The van der Waals surface area contributed by atoms with E-state index in [4.69, 9.17) is 14.6 Å². The van der Waals surface area contributed by atoms with Crippen LogP contribution in [0.5, 0.6) is 11.5 Å². The Morgan fingerprint density at radius 1 is 1.16 bits per heavy atom. The lowest BCUT2D eigenvalue weighted by atomic mass is 10.2. The molecule has 6 heteroatoms. The average Bonchev–Trinajstić information content (AvgIpc) is 3.10. The van der Waals surface area contributed by atoms with E-state index < -0.39 is 12.0 Å². The van der Waals surface area contributed by atoms with Crippen LogP contribution in [-0.4, -0.2) is 36.1 Å². The van der Waals surface area contributed by atoms with Crippen molar-refractivity contribution < 1.29 is 19.4 Å². The summed E-state index contributed by atoms with van der Waals surface area (Å²) in [5.41, 5.74) is 2.18. The van der Waals surface area contributed by atoms with Crippen LogP contribution in [0.15, 0.2) is 48.5 Å². The molecule has 2 aromatic rings. The van der Waals surface area contributed by atoms with Gasteiger partial charge in [0.05, 0.1) is 5.37 Å². The maximum atomic E-state index is 11.0. The molecule has 2 aromatic carbocycles. The second kappa shape index (κ2) is 8.27. The molecule has 0 amide bonds. The Kier molecular flexibility index (Phi) is 5.83. The van der Waals surface area contributed by atoms with Crippen LogP contribution >= 0.6 is 11.8 Å². The van der Waals surface area contributed by atoms with Gasteiger partial charge in [-0.3, -0.25) is 10.1 Å². The number of nitrogens with one attached hydrogen (secondary N) is 1. The van der Waals surface area contributed by atoms with Crippen molar-refractivity contribution in [3.8, 4) is 11.5 Å². The van der Waals surface area contributed by atoms with Gasteiger partial charge >= 0.3 is 5.97 Å². The predicted octanol–water partition coefficient (Wildman–Crippen LogP) is 3.24. The number of aliphatic carboxylic acids is 1. The van der Waals surface area contributed by atoms with Crippen LogP contribution < -0.4 is 14.8 Å². The fourth-order valence-corrected chi connectivity index (χ4v) is 3.82. The Hall–Kier alpha value is -2.18. The molecule has 132 valence electrons. The number of thioether (sulfide) groups is 1. The number of benzene rings is 2. The molecule has 2 unspecified atom stereocenters. The molecule has 3 rings (SSSR count). The molecule has 0 radical (unpaired) electrons. The summed E-state index contributed by atoms with van der Waals surface area (Å²) >= 11 is 1.60. The molecule has 0 saturated carbocycles. The van der Waals surface area contributed by atoms with Crippen molar-refractivity contribution in [2.75, 3.05) is 19.0 Å². The monoisotopic (exact) mass is 359 g/mol. The topological polar surface area (TPSA) is 67.8 Å². The molecule has 0 spiro atoms. The number of rotatable bonds is 7. The molecule has 25 heavy (non-hydrogen) atoms. The molecule has 0 aliphatic carbocycles. The highest BCUT2D eigenvalue weighted by Crippen LogP contribution is 2.34. The van der Waals surface area contributed by atoms with Gasteiger partial charge in [-0.2, -0.15) is 0 Å². The molecule has 2 N–H and O–H groups in total. The minimum atomic E-state index is -0.810. The lowest BCUT2D eigenvalue weighted by Crippen LogP contribution is -2.33. The normalized spacial score (nSPS) is 19.6. The molecule has 0 aromatic heterocycles. The van der Waals surface area contributed by atoms with Gasteiger partial charge in [-0.1, -0.05) is 24.3 Å². The van der Waals surface area contributed by atoms with Crippen LogP contribution in [0.25, 0.3) is 0 Å². The highest BCUT2D eigenvalue weighted by molar-refractivity contribution is 7.99. The fraction of sp³-hybridized carbons (Fsp3) is 0.316. The number of hydrogen-bond acceptors (Lipinski definition) is 5. The van der Waals surface area contributed by atoms with Crippen molar-refractivity contribution in [3.63, 3.8) is 0 Å². The second-order valence-electron chi connectivity index (χ2n) is 5.86. The lowest BCUT2D eigenvalue weighted by molar-refractivity contribution is -0.138. The van der Waals surface area contributed by atoms with Crippen LogP contribution in [0.4, 0.5) is 0 Å². The smallest absolute Gasteiger partial charge is 0.321 e. The molecule has 1 fully saturated rings. The number of hydrogen-bond donors (Lipinski definition) is 2. The van der Waals surface area contributed by atoms with E-state index in [1.807, 2.05) is 55.5 Å². The summed E-state index contributed by atoms with van der Waals surface area (Å²) in [4.78, 5) is 11.0. The number of carboxylic acids is 1. The third-order valence-electron chi connectivity index (χ3n) is 3.85. The van der Waals surface area contributed by atoms with Crippen molar-refractivity contribution in [2.45, 2.75) is 18.3 Å². The molecule has 1 heterocycles. The van der Waals surface area contributed by atoms with Crippen molar-refractivity contribution in [3.05, 3.63) is 59.7 Å². The highest BCUT2D eigenvalue weighted by atomic mass is 32.2. The van der Waals surface area contributed by atoms with Crippen molar-refractivity contribution in [2.24, 2.45) is 0 Å². The van der Waals surface area contributed by atoms with E-state index in [2.05, 4.69) is 5.32 Å². The van der Waals surface area contributed by atoms with E-state index >= 15 is 0 Å². The molecule has 5 nitrogen and oxygen atoms in total. The Labute approximate surface area is 151 Å². The van der Waals surface area contributed by atoms with Gasteiger partial charge in [0.1, 0.15) is 30.8 Å². The molecule has 1 aliphatic heterocycles. The van der Waals surface area contributed by atoms with Crippen LogP contribution in [0.2, 0.25) is 0 Å². The molecule has 1 aliphatic rings. The largest absolute Gasteiger partial charge is 0.490 e. The summed E-state index contributed by atoms with van der Waals surface area (Å²) in [5, 5.41) is 12.2. The van der Waals surface area contributed by atoms with Gasteiger partial charge in [-0.25, -0.2) is 0 Å². The zero-order chi connectivity index (χ0) is 17.6. The third kappa shape index (κ3) is 4.90. The van der Waals surface area contributed by atoms with E-state index in [0.717, 1.165) is 22.6 Å². The van der Waals surface area contributed by atoms with Gasteiger partial charge in [0.15, 0.2) is 0 Å². The quantitative estimate of drug-likeness (QED) is 0.740. The van der Waals surface area contributed by atoms with E-state index in [0.29, 0.717) is 19.0 Å². The maximum absolute atomic E-state index is 11.0. The fourth-order valence-electron chi connectivity index (χ4n) is 2.60. The number of ether oxygens (including phenoxy) is 2. The third-order valence-corrected chi connectivity index (χ3v) is 5.12. The zero-order valence-corrected chi connectivity index (χ0v) is 14.8. The molecular weight excluding hydrogens is 338 g/mol. The first-order chi connectivity index (χ1) is 12.1. The summed E-state index contributed by atoms with van der Waals surface area (Å²) in [6.45, 7) is 2.93. The van der Waals surface area contributed by atoms with Crippen molar-refractivity contribution >= 4 is 17.7 Å². The SMILES string of the molecule is Cc1cccc(OCCOc2cccc(C3NC(C(=O)O)CS3)c2)c1. The van der Waals surface area contributed by atoms with Crippen LogP contribution in [0.1, 0.15) is 16.5 Å². The maximum Gasteiger partial charge on any atom is 0.321 e. The Morgan fingerprint density at radius 2 is 1.84 bits per heavy atom. The predicted molar refractivity (Wildman–Crippen MR) is 98.4 cm³/mol. The van der Waals surface area contributed by atoms with Gasteiger partial charge in [0.25, 0.3) is 0 Å².